The lowest BCUT2D eigenvalue weighted by molar-refractivity contribution is 0.244. The summed E-state index contributed by atoms with van der Waals surface area (Å²) in [5.74, 6) is 1.72. The minimum Gasteiger partial charge on any atom is -0.485 e. The van der Waals surface area contributed by atoms with E-state index < -0.39 is 0 Å². The van der Waals surface area contributed by atoms with Gasteiger partial charge in [-0.05, 0) is 31.1 Å². The van der Waals surface area contributed by atoms with Gasteiger partial charge >= 0.3 is 0 Å². The third kappa shape index (κ3) is 1.94. The molecule has 2 atom stereocenters. The fraction of sp³-hybridized carbons (Fsp3) is 0.190. The van der Waals surface area contributed by atoms with Crippen LogP contribution in [0.2, 0.25) is 0 Å². The summed E-state index contributed by atoms with van der Waals surface area (Å²) in [4.78, 5) is 12.6. The normalized spacial score (nSPS) is 21.3. The predicted molar refractivity (Wildman–Crippen MR) is 93.5 cm³/mol. The number of hydrogen-bond donors (Lipinski definition) is 0. The summed E-state index contributed by atoms with van der Waals surface area (Å²) < 4.78 is 12.3. The van der Waals surface area contributed by atoms with Gasteiger partial charge in [-0.2, -0.15) is 0 Å². The summed E-state index contributed by atoms with van der Waals surface area (Å²) in [5, 5.41) is 0.632. The molecule has 1 aliphatic carbocycles. The lowest BCUT2D eigenvalue weighted by atomic mass is 9.86. The van der Waals surface area contributed by atoms with Crippen LogP contribution < -0.4 is 10.2 Å². The van der Waals surface area contributed by atoms with E-state index in [0.29, 0.717) is 16.7 Å². The average molecular weight is 316 g/mol. The maximum absolute atomic E-state index is 12.6. The first-order valence-electron chi connectivity index (χ1n) is 8.31. The van der Waals surface area contributed by atoms with Crippen molar-refractivity contribution in [3.05, 3.63) is 76.5 Å². The van der Waals surface area contributed by atoms with E-state index in [1.165, 1.54) is 0 Å². The zero-order chi connectivity index (χ0) is 16.1. The minimum atomic E-state index is -0.00676. The first-order valence-corrected chi connectivity index (χ1v) is 8.31. The monoisotopic (exact) mass is 316 g/mol. The highest BCUT2D eigenvalue weighted by Gasteiger charge is 2.36. The van der Waals surface area contributed by atoms with E-state index in [1.54, 1.807) is 6.07 Å². The van der Waals surface area contributed by atoms with Crippen LogP contribution in [0.4, 0.5) is 0 Å². The summed E-state index contributed by atoms with van der Waals surface area (Å²) in [6.45, 7) is 0. The average Bonchev–Trinajstić information content (AvgIpc) is 3.01. The summed E-state index contributed by atoms with van der Waals surface area (Å²) in [6, 6.07) is 15.1. The zero-order valence-corrected chi connectivity index (χ0v) is 13.1. The molecule has 0 fully saturated rings. The van der Waals surface area contributed by atoms with Crippen molar-refractivity contribution in [2.24, 2.45) is 0 Å². The zero-order valence-electron chi connectivity index (χ0n) is 13.1. The topological polar surface area (TPSA) is 39.4 Å². The van der Waals surface area contributed by atoms with E-state index in [0.717, 1.165) is 29.7 Å². The predicted octanol–water partition coefficient (Wildman–Crippen LogP) is 4.65. The van der Waals surface area contributed by atoms with E-state index >= 15 is 0 Å². The number of allylic oxidation sites excluding steroid dienone is 1. The number of benzene rings is 2. The Morgan fingerprint density at radius 3 is 2.79 bits per heavy atom. The maximum Gasteiger partial charge on any atom is 0.193 e. The molecule has 118 valence electrons. The molecule has 1 aliphatic heterocycles. The molecule has 0 amide bonds. The molecule has 0 unspecified atom stereocenters. The lowest BCUT2D eigenvalue weighted by Crippen LogP contribution is -2.18. The number of ether oxygens (including phenoxy) is 1. The number of rotatable bonds is 1. The van der Waals surface area contributed by atoms with Crippen LogP contribution in [0.25, 0.3) is 22.3 Å². The van der Waals surface area contributed by atoms with Gasteiger partial charge in [-0.3, -0.25) is 4.79 Å². The Morgan fingerprint density at radius 1 is 1.04 bits per heavy atom. The maximum atomic E-state index is 12.6. The number of fused-ring (bicyclic) bond motifs is 5. The van der Waals surface area contributed by atoms with Crippen LogP contribution in [0.1, 0.15) is 24.3 Å². The van der Waals surface area contributed by atoms with Gasteiger partial charge in [0.2, 0.25) is 0 Å². The molecule has 0 bridgehead atoms. The molecule has 0 saturated heterocycles. The third-order valence-corrected chi connectivity index (χ3v) is 4.95. The van der Waals surface area contributed by atoms with Gasteiger partial charge in [0.05, 0.1) is 5.39 Å². The summed E-state index contributed by atoms with van der Waals surface area (Å²) in [6.07, 6.45) is 6.40. The highest BCUT2D eigenvalue weighted by molar-refractivity contribution is 5.85. The van der Waals surface area contributed by atoms with Crippen LogP contribution in [0.5, 0.6) is 5.75 Å². The van der Waals surface area contributed by atoms with Crippen molar-refractivity contribution in [3.8, 4) is 17.1 Å². The molecule has 3 nitrogen and oxygen atoms in total. The Balaban J connectivity index is 1.79. The van der Waals surface area contributed by atoms with Gasteiger partial charge in [-0.25, -0.2) is 0 Å². The van der Waals surface area contributed by atoms with Crippen molar-refractivity contribution >= 4 is 11.0 Å². The van der Waals surface area contributed by atoms with E-state index in [-0.39, 0.29) is 17.5 Å². The van der Waals surface area contributed by atoms with E-state index in [9.17, 15) is 4.79 Å². The quantitative estimate of drug-likeness (QED) is 0.613. The Kier molecular flexibility index (Phi) is 2.89. The first kappa shape index (κ1) is 13.6. The molecule has 0 saturated carbocycles. The molecule has 2 heterocycles. The number of hydrogen-bond acceptors (Lipinski definition) is 3. The molecule has 3 heteroatoms. The molecule has 0 radical (unpaired) electrons. The van der Waals surface area contributed by atoms with Gasteiger partial charge in [0.25, 0.3) is 0 Å². The molecule has 3 aromatic rings. The van der Waals surface area contributed by atoms with E-state index in [4.69, 9.17) is 9.15 Å². The Morgan fingerprint density at radius 2 is 1.92 bits per heavy atom. The fourth-order valence-corrected chi connectivity index (χ4v) is 3.80. The van der Waals surface area contributed by atoms with Crippen LogP contribution in [0.3, 0.4) is 0 Å². The smallest absolute Gasteiger partial charge is 0.193 e. The van der Waals surface area contributed by atoms with Gasteiger partial charge < -0.3 is 9.15 Å². The Labute approximate surface area is 139 Å². The summed E-state index contributed by atoms with van der Waals surface area (Å²) in [5.41, 5.74) is 2.64. The van der Waals surface area contributed by atoms with E-state index in [1.807, 2.05) is 42.5 Å². The van der Waals surface area contributed by atoms with Gasteiger partial charge in [-0.1, -0.05) is 36.4 Å². The van der Waals surface area contributed by atoms with Crippen molar-refractivity contribution < 1.29 is 9.15 Å². The molecule has 2 aliphatic rings. The lowest BCUT2D eigenvalue weighted by Gasteiger charge is -2.19. The van der Waals surface area contributed by atoms with Crippen molar-refractivity contribution in [1.82, 2.24) is 0 Å². The minimum absolute atomic E-state index is 0.00676. The molecular formula is C21H16O3. The largest absolute Gasteiger partial charge is 0.485 e. The van der Waals surface area contributed by atoms with Gasteiger partial charge in [0.1, 0.15) is 23.2 Å². The molecule has 1 aromatic heterocycles. The van der Waals surface area contributed by atoms with Gasteiger partial charge in [0.15, 0.2) is 5.43 Å². The van der Waals surface area contributed by atoms with Crippen LogP contribution in [-0.2, 0) is 0 Å². The molecule has 0 N–H and O–H groups in total. The highest BCUT2D eigenvalue weighted by atomic mass is 16.5. The van der Waals surface area contributed by atoms with E-state index in [2.05, 4.69) is 12.2 Å². The second kappa shape index (κ2) is 5.10. The molecule has 2 aromatic carbocycles. The molecule has 24 heavy (non-hydrogen) atoms. The van der Waals surface area contributed by atoms with Crippen molar-refractivity contribution in [3.63, 3.8) is 0 Å². The van der Waals surface area contributed by atoms with Crippen LogP contribution in [0, 0.1) is 0 Å². The van der Waals surface area contributed by atoms with Crippen molar-refractivity contribution in [2.75, 3.05) is 0 Å². The molecule has 5 rings (SSSR count). The molecular weight excluding hydrogens is 300 g/mol. The second-order valence-corrected chi connectivity index (χ2v) is 6.39. The van der Waals surface area contributed by atoms with Crippen molar-refractivity contribution in [2.45, 2.75) is 24.9 Å². The summed E-state index contributed by atoms with van der Waals surface area (Å²) in [7, 11) is 0. The first-order chi connectivity index (χ1) is 11.8. The Bertz CT molecular complexity index is 1010. The van der Waals surface area contributed by atoms with Gasteiger partial charge in [-0.15, -0.1) is 0 Å². The SMILES string of the molecule is O=c1cc(-c2ccccc2)oc2c3c(ccc12)O[C@H]1C=CCC[C@@H]31. The van der Waals surface area contributed by atoms with Gasteiger partial charge in [0, 0.05) is 23.1 Å². The Hall–Kier alpha value is -2.81. The van der Waals surface area contributed by atoms with Crippen LogP contribution >= 0.6 is 0 Å². The van der Waals surface area contributed by atoms with Crippen LogP contribution in [-0.4, -0.2) is 6.10 Å². The second-order valence-electron chi connectivity index (χ2n) is 6.39. The summed E-state index contributed by atoms with van der Waals surface area (Å²) >= 11 is 0. The van der Waals surface area contributed by atoms with Crippen molar-refractivity contribution in [1.29, 1.82) is 0 Å². The van der Waals surface area contributed by atoms with Crippen LogP contribution in [0.15, 0.2) is 69.9 Å². The third-order valence-electron chi connectivity index (χ3n) is 4.95. The highest BCUT2D eigenvalue weighted by Crippen LogP contribution is 2.46. The molecule has 0 spiro atoms. The standard InChI is InChI=1S/C21H16O3/c22-16-12-19(13-6-2-1-3-7-13)24-21-14(16)10-11-18-20(21)15-8-4-5-9-17(15)23-18/h1-3,5-7,9-12,15,17H,4,8H2/t15-,17+/m1/s1. The fourth-order valence-electron chi connectivity index (χ4n) is 3.80.